The van der Waals surface area contributed by atoms with Crippen molar-refractivity contribution in [3.05, 3.63) is 51.0 Å². The molecule has 0 saturated carbocycles. The van der Waals surface area contributed by atoms with Crippen molar-refractivity contribution in [3.8, 4) is 0 Å². The second-order valence-electron chi connectivity index (χ2n) is 5.30. The monoisotopic (exact) mass is 344 g/mol. The number of fused-ring (bicyclic) bond motifs is 1. The van der Waals surface area contributed by atoms with E-state index in [1.807, 2.05) is 0 Å². The number of thiazole rings is 1. The highest BCUT2D eigenvalue weighted by Crippen LogP contribution is 2.24. The van der Waals surface area contributed by atoms with Gasteiger partial charge in [0.25, 0.3) is 11.8 Å². The van der Waals surface area contributed by atoms with E-state index in [9.17, 15) is 14.4 Å². The van der Waals surface area contributed by atoms with Gasteiger partial charge < -0.3 is 4.74 Å². The molecule has 1 aliphatic rings. The summed E-state index contributed by atoms with van der Waals surface area (Å²) in [5, 5.41) is 0.701. The molecule has 1 aliphatic heterocycles. The summed E-state index contributed by atoms with van der Waals surface area (Å²) in [4.78, 5) is 42.5. The molecule has 2 heterocycles. The molecule has 2 amide bonds. The lowest BCUT2D eigenvalue weighted by Crippen LogP contribution is -2.31. The van der Waals surface area contributed by atoms with E-state index < -0.39 is 0 Å². The van der Waals surface area contributed by atoms with Crippen molar-refractivity contribution >= 4 is 29.1 Å². The molecule has 0 N–H and O–H groups in total. The Labute approximate surface area is 143 Å². The van der Waals surface area contributed by atoms with Crippen LogP contribution in [0.25, 0.3) is 0 Å². The highest BCUT2D eigenvalue weighted by molar-refractivity contribution is 7.13. The molecule has 0 saturated heterocycles. The average Bonchev–Trinajstić information content (AvgIpc) is 3.05. The number of benzene rings is 1. The highest BCUT2D eigenvalue weighted by atomic mass is 32.1. The van der Waals surface area contributed by atoms with Crippen molar-refractivity contribution in [3.63, 3.8) is 0 Å². The summed E-state index contributed by atoms with van der Waals surface area (Å²) >= 11 is 1.24. The fourth-order valence-electron chi connectivity index (χ4n) is 2.59. The predicted molar refractivity (Wildman–Crippen MR) is 88.3 cm³/mol. The number of esters is 1. The van der Waals surface area contributed by atoms with Gasteiger partial charge in [0.2, 0.25) is 0 Å². The van der Waals surface area contributed by atoms with Gasteiger partial charge in [0.05, 0.1) is 28.4 Å². The molecule has 1 aromatic carbocycles. The zero-order valence-electron chi connectivity index (χ0n) is 13.4. The minimum absolute atomic E-state index is 0.238. The third kappa shape index (κ3) is 2.82. The first-order valence-electron chi connectivity index (χ1n) is 7.61. The van der Waals surface area contributed by atoms with Gasteiger partial charge in [-0.1, -0.05) is 12.1 Å². The summed E-state index contributed by atoms with van der Waals surface area (Å²) < 4.78 is 4.99. The van der Waals surface area contributed by atoms with Crippen LogP contribution in [0.2, 0.25) is 0 Å². The van der Waals surface area contributed by atoms with Crippen molar-refractivity contribution < 1.29 is 19.1 Å². The Balaban J connectivity index is 1.71. The van der Waals surface area contributed by atoms with Crippen LogP contribution in [-0.4, -0.2) is 40.8 Å². The van der Waals surface area contributed by atoms with Gasteiger partial charge in [0.15, 0.2) is 0 Å². The van der Waals surface area contributed by atoms with Crippen molar-refractivity contribution in [2.45, 2.75) is 20.3 Å². The number of hydrogen-bond acceptors (Lipinski definition) is 6. The average molecular weight is 344 g/mol. The van der Waals surface area contributed by atoms with Gasteiger partial charge in [-0.3, -0.25) is 14.5 Å². The maximum Gasteiger partial charge on any atom is 0.350 e. The molecule has 6 nitrogen and oxygen atoms in total. The van der Waals surface area contributed by atoms with Gasteiger partial charge in [-0.25, -0.2) is 9.78 Å². The molecule has 0 aliphatic carbocycles. The SMILES string of the molecule is CCOC(=O)c1sc(CCN2C(=O)c3ccccc3C2=O)nc1C. The lowest BCUT2D eigenvalue weighted by molar-refractivity contribution is 0.0530. The van der Waals surface area contributed by atoms with Crippen molar-refractivity contribution in [1.29, 1.82) is 0 Å². The molecule has 0 fully saturated rings. The third-order valence-corrected chi connectivity index (χ3v) is 4.93. The molecule has 1 aromatic heterocycles. The van der Waals surface area contributed by atoms with Crippen molar-refractivity contribution in [2.24, 2.45) is 0 Å². The third-order valence-electron chi connectivity index (χ3n) is 3.73. The zero-order chi connectivity index (χ0) is 17.3. The number of aryl methyl sites for hydroxylation is 1. The first kappa shape index (κ1) is 16.3. The van der Waals surface area contributed by atoms with E-state index >= 15 is 0 Å². The largest absolute Gasteiger partial charge is 0.462 e. The molecule has 3 rings (SSSR count). The van der Waals surface area contributed by atoms with E-state index in [-0.39, 0.29) is 24.3 Å². The Hall–Kier alpha value is -2.54. The molecule has 124 valence electrons. The number of nitrogens with zero attached hydrogens (tertiary/aromatic N) is 2. The quantitative estimate of drug-likeness (QED) is 0.615. The predicted octanol–water partition coefficient (Wildman–Crippen LogP) is 2.47. The number of amides is 2. The van der Waals surface area contributed by atoms with Gasteiger partial charge >= 0.3 is 5.97 Å². The van der Waals surface area contributed by atoms with Crippen molar-refractivity contribution in [1.82, 2.24) is 9.88 Å². The first-order chi connectivity index (χ1) is 11.5. The number of carbonyl (C=O) groups is 3. The standard InChI is InChI=1S/C17H16N2O4S/c1-3-23-17(22)14-10(2)18-13(24-14)8-9-19-15(20)11-6-4-5-7-12(11)16(19)21/h4-7H,3,8-9H2,1-2H3. The van der Waals surface area contributed by atoms with Gasteiger partial charge in [-0.2, -0.15) is 0 Å². The molecule has 0 unspecified atom stereocenters. The van der Waals surface area contributed by atoms with Crippen LogP contribution in [0.4, 0.5) is 0 Å². The molecule has 0 bridgehead atoms. The van der Waals surface area contributed by atoms with Crippen LogP contribution in [0.1, 0.15) is 48.0 Å². The lowest BCUT2D eigenvalue weighted by atomic mass is 10.1. The van der Waals surface area contributed by atoms with E-state index in [1.165, 1.54) is 16.2 Å². The fourth-order valence-corrected chi connectivity index (χ4v) is 3.54. The second-order valence-corrected chi connectivity index (χ2v) is 6.38. The van der Waals surface area contributed by atoms with Crippen LogP contribution >= 0.6 is 11.3 Å². The molecular formula is C17H16N2O4S. The number of hydrogen-bond donors (Lipinski definition) is 0. The zero-order valence-corrected chi connectivity index (χ0v) is 14.2. The summed E-state index contributed by atoms with van der Waals surface area (Å²) in [7, 11) is 0. The number of ether oxygens (including phenoxy) is 1. The van der Waals surface area contributed by atoms with Gasteiger partial charge in [-0.05, 0) is 26.0 Å². The van der Waals surface area contributed by atoms with E-state index in [4.69, 9.17) is 4.74 Å². The molecule has 2 aromatic rings. The second kappa shape index (κ2) is 6.52. The lowest BCUT2D eigenvalue weighted by Gasteiger charge is -2.12. The number of rotatable bonds is 5. The van der Waals surface area contributed by atoms with E-state index in [1.54, 1.807) is 38.1 Å². The van der Waals surface area contributed by atoms with E-state index in [0.29, 0.717) is 39.7 Å². The highest BCUT2D eigenvalue weighted by Gasteiger charge is 2.34. The summed E-state index contributed by atoms with van der Waals surface area (Å²) in [6.07, 6.45) is 0.413. The Morgan fingerprint density at radius 1 is 1.21 bits per heavy atom. The summed E-state index contributed by atoms with van der Waals surface area (Å²) in [6.45, 7) is 4.04. The Morgan fingerprint density at radius 3 is 2.42 bits per heavy atom. The van der Waals surface area contributed by atoms with Gasteiger partial charge in [0, 0.05) is 13.0 Å². The summed E-state index contributed by atoms with van der Waals surface area (Å²) in [5.41, 5.74) is 1.48. The van der Waals surface area contributed by atoms with Crippen LogP contribution in [0.5, 0.6) is 0 Å². The van der Waals surface area contributed by atoms with E-state index in [2.05, 4.69) is 4.98 Å². The summed E-state index contributed by atoms with van der Waals surface area (Å²) in [5.74, 6) is -0.955. The smallest absolute Gasteiger partial charge is 0.350 e. The van der Waals surface area contributed by atoms with Gasteiger partial charge in [0.1, 0.15) is 4.88 Å². The van der Waals surface area contributed by atoms with E-state index in [0.717, 1.165) is 0 Å². The summed E-state index contributed by atoms with van der Waals surface area (Å²) in [6, 6.07) is 6.79. The molecule has 24 heavy (non-hydrogen) atoms. The van der Waals surface area contributed by atoms with Crippen LogP contribution in [0.3, 0.4) is 0 Å². The first-order valence-corrected chi connectivity index (χ1v) is 8.43. The topological polar surface area (TPSA) is 76.6 Å². The van der Waals surface area contributed by atoms with Crippen LogP contribution in [0.15, 0.2) is 24.3 Å². The number of imide groups is 1. The maximum atomic E-state index is 12.3. The molecule has 0 radical (unpaired) electrons. The minimum Gasteiger partial charge on any atom is -0.462 e. The normalized spacial score (nSPS) is 13.3. The Bertz CT molecular complexity index is 793. The molecule has 7 heteroatoms. The van der Waals surface area contributed by atoms with Crippen LogP contribution < -0.4 is 0 Å². The fraction of sp³-hybridized carbons (Fsp3) is 0.294. The molecule has 0 atom stereocenters. The number of carbonyl (C=O) groups excluding carboxylic acids is 3. The van der Waals surface area contributed by atoms with Crippen LogP contribution in [-0.2, 0) is 11.2 Å². The van der Waals surface area contributed by atoms with Crippen molar-refractivity contribution in [2.75, 3.05) is 13.2 Å². The Morgan fingerprint density at radius 2 is 1.83 bits per heavy atom. The maximum absolute atomic E-state index is 12.3. The molecular weight excluding hydrogens is 328 g/mol. The van der Waals surface area contributed by atoms with Gasteiger partial charge in [-0.15, -0.1) is 11.3 Å². The number of aromatic nitrogens is 1. The minimum atomic E-state index is -0.389. The van der Waals surface area contributed by atoms with Crippen LogP contribution in [0, 0.1) is 6.92 Å². The Kier molecular flexibility index (Phi) is 4.44. The molecule has 0 spiro atoms.